The van der Waals surface area contributed by atoms with Gasteiger partial charge in [-0.2, -0.15) is 0 Å². The minimum Gasteiger partial charge on any atom is -0.486 e. The summed E-state index contributed by atoms with van der Waals surface area (Å²) in [5.41, 5.74) is 7.41. The Hall–Kier alpha value is -2.89. The molecule has 0 unspecified atom stereocenters. The highest BCUT2D eigenvalue weighted by molar-refractivity contribution is 5.97. The monoisotopic (exact) mass is 286 g/mol. The van der Waals surface area contributed by atoms with Crippen molar-refractivity contribution in [3.8, 4) is 11.5 Å². The molecule has 3 rings (SSSR count). The molecule has 108 valence electrons. The third-order valence-electron chi connectivity index (χ3n) is 3.16. The summed E-state index contributed by atoms with van der Waals surface area (Å²) in [4.78, 5) is 11.1. The van der Waals surface area contributed by atoms with Crippen LogP contribution in [0, 0.1) is 0 Å². The van der Waals surface area contributed by atoms with Crippen molar-refractivity contribution >= 4 is 23.0 Å². The molecule has 0 bridgehead atoms. The summed E-state index contributed by atoms with van der Waals surface area (Å²) < 4.78 is 11.0. The Morgan fingerprint density at radius 2 is 1.90 bits per heavy atom. The Labute approximate surface area is 121 Å². The van der Waals surface area contributed by atoms with E-state index in [1.165, 1.54) is 6.07 Å². The highest BCUT2D eigenvalue weighted by Crippen LogP contribution is 2.34. The van der Waals surface area contributed by atoms with Crippen molar-refractivity contribution in [3.63, 3.8) is 0 Å². The van der Waals surface area contributed by atoms with E-state index in [2.05, 4.69) is 5.32 Å². The fraction of sp³-hybridized carbons (Fsp3) is 0.133. The molecule has 1 heterocycles. The van der Waals surface area contributed by atoms with Crippen LogP contribution in [0.1, 0.15) is 10.4 Å². The molecule has 4 N–H and O–H groups in total. The summed E-state index contributed by atoms with van der Waals surface area (Å²) in [6.45, 7) is 1.04. The second-order valence-electron chi connectivity index (χ2n) is 4.56. The number of nitrogens with one attached hydrogen (secondary N) is 1. The van der Waals surface area contributed by atoms with Crippen molar-refractivity contribution in [1.82, 2.24) is 0 Å². The number of para-hydroxylation sites is 1. The molecule has 0 fully saturated rings. The van der Waals surface area contributed by atoms with Crippen LogP contribution < -0.4 is 20.5 Å². The minimum absolute atomic E-state index is 0.0672. The number of carboxylic acids is 1. The number of carbonyl (C=O) groups is 1. The average Bonchev–Trinajstić information content (AvgIpc) is 2.49. The Bertz CT molecular complexity index is 700. The smallest absolute Gasteiger partial charge is 0.337 e. The molecule has 0 atom stereocenters. The lowest BCUT2D eigenvalue weighted by Crippen LogP contribution is -2.15. The van der Waals surface area contributed by atoms with Gasteiger partial charge in [0.15, 0.2) is 11.5 Å². The second kappa shape index (κ2) is 5.24. The fourth-order valence-corrected chi connectivity index (χ4v) is 2.14. The Balaban J connectivity index is 1.90. The number of nitrogen functional groups attached to an aromatic ring is 1. The van der Waals surface area contributed by atoms with Gasteiger partial charge in [-0.15, -0.1) is 0 Å². The van der Waals surface area contributed by atoms with Crippen molar-refractivity contribution in [3.05, 3.63) is 42.0 Å². The number of benzene rings is 2. The van der Waals surface area contributed by atoms with Crippen LogP contribution >= 0.6 is 0 Å². The topological polar surface area (TPSA) is 93.8 Å². The lowest BCUT2D eigenvalue weighted by molar-refractivity contribution is 0.0698. The summed E-state index contributed by atoms with van der Waals surface area (Å²) in [6.07, 6.45) is 0. The molecule has 6 nitrogen and oxygen atoms in total. The first-order chi connectivity index (χ1) is 10.1. The SMILES string of the molecule is Nc1c(Nc2ccc3c(c2)OCCO3)cccc1C(=O)O. The third-order valence-corrected chi connectivity index (χ3v) is 3.16. The molecule has 1 aliphatic rings. The molecule has 1 aliphatic heterocycles. The van der Waals surface area contributed by atoms with Crippen LogP contribution in [0.4, 0.5) is 17.1 Å². The molecule has 0 aliphatic carbocycles. The van der Waals surface area contributed by atoms with Crippen molar-refractivity contribution in [2.75, 3.05) is 24.3 Å². The molecular formula is C15H14N2O4. The molecule has 6 heteroatoms. The maximum Gasteiger partial charge on any atom is 0.337 e. The molecule has 0 spiro atoms. The standard InChI is InChI=1S/C15H14N2O4/c16-14-10(15(18)19)2-1-3-11(14)17-9-4-5-12-13(8-9)21-7-6-20-12/h1-5,8,17H,6-7,16H2,(H,18,19). The molecule has 0 aromatic heterocycles. The molecule has 21 heavy (non-hydrogen) atoms. The van der Waals surface area contributed by atoms with Gasteiger partial charge in [0.05, 0.1) is 16.9 Å². The van der Waals surface area contributed by atoms with Gasteiger partial charge in [-0.3, -0.25) is 0 Å². The highest BCUT2D eigenvalue weighted by atomic mass is 16.6. The number of ether oxygens (including phenoxy) is 2. The first-order valence-electron chi connectivity index (χ1n) is 6.43. The number of nitrogens with two attached hydrogens (primary N) is 1. The summed E-state index contributed by atoms with van der Waals surface area (Å²) in [6, 6.07) is 10.2. The van der Waals surface area contributed by atoms with E-state index >= 15 is 0 Å². The highest BCUT2D eigenvalue weighted by Gasteiger charge is 2.14. The molecule has 2 aromatic carbocycles. The lowest BCUT2D eigenvalue weighted by atomic mass is 10.1. The van der Waals surface area contributed by atoms with Crippen molar-refractivity contribution in [2.45, 2.75) is 0 Å². The molecule has 0 amide bonds. The minimum atomic E-state index is -1.06. The van der Waals surface area contributed by atoms with Crippen molar-refractivity contribution in [1.29, 1.82) is 0 Å². The van der Waals surface area contributed by atoms with E-state index in [0.29, 0.717) is 30.4 Å². The summed E-state index contributed by atoms with van der Waals surface area (Å²) >= 11 is 0. The van der Waals surface area contributed by atoms with E-state index in [4.69, 9.17) is 20.3 Å². The summed E-state index contributed by atoms with van der Waals surface area (Å²) in [5.74, 6) is 0.289. The number of hydrogen-bond donors (Lipinski definition) is 3. The molecule has 0 radical (unpaired) electrons. The largest absolute Gasteiger partial charge is 0.486 e. The summed E-state index contributed by atoms with van der Waals surface area (Å²) in [7, 11) is 0. The van der Waals surface area contributed by atoms with Crippen LogP contribution in [0.2, 0.25) is 0 Å². The number of fused-ring (bicyclic) bond motifs is 1. The Morgan fingerprint density at radius 3 is 2.67 bits per heavy atom. The zero-order valence-electron chi connectivity index (χ0n) is 11.1. The third kappa shape index (κ3) is 2.55. The predicted octanol–water partition coefficient (Wildman–Crippen LogP) is 2.48. The zero-order chi connectivity index (χ0) is 14.8. The van der Waals surface area contributed by atoms with Gasteiger partial charge in [-0.05, 0) is 24.3 Å². The van der Waals surface area contributed by atoms with Gasteiger partial charge in [-0.25, -0.2) is 4.79 Å². The quantitative estimate of drug-likeness (QED) is 0.750. The second-order valence-corrected chi connectivity index (χ2v) is 4.56. The normalized spacial score (nSPS) is 12.8. The van der Waals surface area contributed by atoms with E-state index in [-0.39, 0.29) is 11.3 Å². The number of carboxylic acid groups (broad SMARTS) is 1. The number of aromatic carboxylic acids is 1. The zero-order valence-corrected chi connectivity index (χ0v) is 11.1. The van der Waals surface area contributed by atoms with Crippen LogP contribution in [0.25, 0.3) is 0 Å². The number of hydrogen-bond acceptors (Lipinski definition) is 5. The van der Waals surface area contributed by atoms with E-state index in [0.717, 1.165) is 5.69 Å². The van der Waals surface area contributed by atoms with Gasteiger partial charge in [0.25, 0.3) is 0 Å². The van der Waals surface area contributed by atoms with Crippen molar-refractivity contribution < 1.29 is 19.4 Å². The van der Waals surface area contributed by atoms with Crippen LogP contribution in [0.5, 0.6) is 11.5 Å². The summed E-state index contributed by atoms with van der Waals surface area (Å²) in [5, 5.41) is 12.2. The van der Waals surface area contributed by atoms with Gasteiger partial charge < -0.3 is 25.6 Å². The maximum absolute atomic E-state index is 11.1. The fourth-order valence-electron chi connectivity index (χ4n) is 2.14. The number of rotatable bonds is 3. The Kier molecular flexibility index (Phi) is 3.27. The number of anilines is 3. The van der Waals surface area contributed by atoms with Gasteiger partial charge in [0.2, 0.25) is 0 Å². The first-order valence-corrected chi connectivity index (χ1v) is 6.43. The molecular weight excluding hydrogens is 272 g/mol. The predicted molar refractivity (Wildman–Crippen MR) is 78.5 cm³/mol. The van der Waals surface area contributed by atoms with E-state index in [1.807, 2.05) is 6.07 Å². The van der Waals surface area contributed by atoms with Gasteiger partial charge >= 0.3 is 5.97 Å². The molecule has 2 aromatic rings. The lowest BCUT2D eigenvalue weighted by Gasteiger charge is -2.19. The molecule has 0 saturated carbocycles. The van der Waals surface area contributed by atoms with Crippen LogP contribution in [-0.2, 0) is 0 Å². The van der Waals surface area contributed by atoms with Gasteiger partial charge in [0.1, 0.15) is 13.2 Å². The van der Waals surface area contributed by atoms with E-state index in [1.54, 1.807) is 24.3 Å². The van der Waals surface area contributed by atoms with Gasteiger partial charge in [0, 0.05) is 11.8 Å². The maximum atomic E-state index is 11.1. The van der Waals surface area contributed by atoms with Crippen LogP contribution in [0.15, 0.2) is 36.4 Å². The van der Waals surface area contributed by atoms with E-state index in [9.17, 15) is 4.79 Å². The van der Waals surface area contributed by atoms with E-state index < -0.39 is 5.97 Å². The Morgan fingerprint density at radius 1 is 1.14 bits per heavy atom. The molecule has 0 saturated heterocycles. The average molecular weight is 286 g/mol. The first kappa shape index (κ1) is 13.1. The van der Waals surface area contributed by atoms with Crippen LogP contribution in [-0.4, -0.2) is 24.3 Å². The van der Waals surface area contributed by atoms with Gasteiger partial charge in [-0.1, -0.05) is 6.07 Å². The van der Waals surface area contributed by atoms with Crippen LogP contribution in [0.3, 0.4) is 0 Å². The van der Waals surface area contributed by atoms with Crippen molar-refractivity contribution in [2.24, 2.45) is 0 Å².